The summed E-state index contributed by atoms with van der Waals surface area (Å²) in [5, 5.41) is 2.70. The standard InChI is InChI=1S/C11H5F5N2OS/c12-5-1-2-6(7(13)3-5)9-17-8(4-20-9)18-10(19)11(14,15)16/h1-4H,(H,18,19). The molecule has 0 aliphatic rings. The maximum Gasteiger partial charge on any atom is 0.471 e. The lowest BCUT2D eigenvalue weighted by Gasteiger charge is -2.04. The molecule has 0 unspecified atom stereocenters. The smallest absolute Gasteiger partial charge is 0.302 e. The normalized spacial score (nSPS) is 11.4. The van der Waals surface area contributed by atoms with Crippen LogP contribution in [0.1, 0.15) is 0 Å². The Morgan fingerprint density at radius 1 is 1.25 bits per heavy atom. The number of benzene rings is 1. The van der Waals surface area contributed by atoms with Gasteiger partial charge in [0.2, 0.25) is 0 Å². The Kier molecular flexibility index (Phi) is 3.71. The summed E-state index contributed by atoms with van der Waals surface area (Å²) in [6.45, 7) is 0. The number of anilines is 1. The van der Waals surface area contributed by atoms with Crippen LogP contribution >= 0.6 is 11.3 Å². The summed E-state index contributed by atoms with van der Waals surface area (Å²) in [7, 11) is 0. The Morgan fingerprint density at radius 3 is 2.55 bits per heavy atom. The topological polar surface area (TPSA) is 42.0 Å². The van der Waals surface area contributed by atoms with Crippen molar-refractivity contribution in [2.45, 2.75) is 6.18 Å². The van der Waals surface area contributed by atoms with Gasteiger partial charge in [-0.25, -0.2) is 13.8 Å². The monoisotopic (exact) mass is 308 g/mol. The van der Waals surface area contributed by atoms with Crippen molar-refractivity contribution < 1.29 is 26.7 Å². The molecule has 0 fully saturated rings. The summed E-state index contributed by atoms with van der Waals surface area (Å²) in [6.07, 6.45) is -5.04. The third-order valence-corrected chi connectivity index (χ3v) is 3.04. The van der Waals surface area contributed by atoms with Crippen molar-refractivity contribution in [1.29, 1.82) is 0 Å². The van der Waals surface area contributed by atoms with Crippen LogP contribution in [-0.4, -0.2) is 17.1 Å². The van der Waals surface area contributed by atoms with Gasteiger partial charge in [0.1, 0.15) is 22.5 Å². The van der Waals surface area contributed by atoms with Crippen LogP contribution in [-0.2, 0) is 4.79 Å². The Hall–Kier alpha value is -2.03. The van der Waals surface area contributed by atoms with E-state index in [0.29, 0.717) is 6.07 Å². The number of hydrogen-bond acceptors (Lipinski definition) is 3. The molecule has 0 aliphatic heterocycles. The van der Waals surface area contributed by atoms with E-state index < -0.39 is 23.7 Å². The molecule has 0 bridgehead atoms. The highest BCUT2D eigenvalue weighted by atomic mass is 32.1. The van der Waals surface area contributed by atoms with Crippen molar-refractivity contribution in [1.82, 2.24) is 4.98 Å². The van der Waals surface area contributed by atoms with Crippen molar-refractivity contribution >= 4 is 23.1 Å². The first kappa shape index (κ1) is 14.4. The third-order valence-electron chi connectivity index (χ3n) is 2.16. The van der Waals surface area contributed by atoms with E-state index in [1.165, 1.54) is 0 Å². The van der Waals surface area contributed by atoms with Crippen LogP contribution in [0, 0.1) is 11.6 Å². The van der Waals surface area contributed by atoms with E-state index in [9.17, 15) is 26.7 Å². The molecule has 106 valence electrons. The van der Waals surface area contributed by atoms with Gasteiger partial charge in [-0.3, -0.25) is 4.79 Å². The van der Waals surface area contributed by atoms with Crippen molar-refractivity contribution in [3.63, 3.8) is 0 Å². The van der Waals surface area contributed by atoms with Gasteiger partial charge < -0.3 is 5.32 Å². The minimum atomic E-state index is -5.04. The molecule has 0 radical (unpaired) electrons. The molecule has 0 saturated heterocycles. The van der Waals surface area contributed by atoms with E-state index in [4.69, 9.17) is 0 Å². The maximum atomic E-state index is 13.5. The van der Waals surface area contributed by atoms with Crippen molar-refractivity contribution in [3.8, 4) is 10.6 Å². The number of thiazole rings is 1. The van der Waals surface area contributed by atoms with Gasteiger partial charge in [-0.15, -0.1) is 11.3 Å². The van der Waals surface area contributed by atoms with Crippen molar-refractivity contribution in [2.75, 3.05) is 5.32 Å². The molecule has 2 aromatic rings. The number of halogens is 5. The number of aromatic nitrogens is 1. The number of alkyl halides is 3. The summed E-state index contributed by atoms with van der Waals surface area (Å²) in [5.41, 5.74) is -0.0658. The molecule has 0 saturated carbocycles. The first-order chi connectivity index (χ1) is 9.27. The molecular weight excluding hydrogens is 303 g/mol. The Bertz CT molecular complexity index is 653. The molecule has 1 N–H and O–H groups in total. The largest absolute Gasteiger partial charge is 0.471 e. The summed E-state index contributed by atoms with van der Waals surface area (Å²) in [6, 6.07) is 2.73. The number of nitrogens with one attached hydrogen (secondary N) is 1. The fourth-order valence-electron chi connectivity index (χ4n) is 1.30. The molecule has 1 heterocycles. The highest BCUT2D eigenvalue weighted by Crippen LogP contribution is 2.29. The summed E-state index contributed by atoms with van der Waals surface area (Å²) in [4.78, 5) is 14.3. The number of amides is 1. The molecule has 9 heteroatoms. The van der Waals surface area contributed by atoms with Crippen LogP contribution in [0.15, 0.2) is 23.6 Å². The van der Waals surface area contributed by atoms with E-state index in [-0.39, 0.29) is 16.4 Å². The molecule has 1 aromatic carbocycles. The second kappa shape index (κ2) is 5.16. The first-order valence-electron chi connectivity index (χ1n) is 5.06. The fraction of sp³-hybridized carbons (Fsp3) is 0.0909. The minimum absolute atomic E-state index is 0.0278. The average Bonchev–Trinajstić information content (AvgIpc) is 2.76. The predicted molar refractivity (Wildman–Crippen MR) is 62.2 cm³/mol. The zero-order valence-corrected chi connectivity index (χ0v) is 10.3. The lowest BCUT2D eigenvalue weighted by atomic mass is 10.2. The number of rotatable bonds is 2. The van der Waals surface area contributed by atoms with Crippen LogP contribution < -0.4 is 5.32 Å². The van der Waals surface area contributed by atoms with Crippen molar-refractivity contribution in [3.05, 3.63) is 35.2 Å². The van der Waals surface area contributed by atoms with Gasteiger partial charge in [-0.05, 0) is 12.1 Å². The van der Waals surface area contributed by atoms with Gasteiger partial charge in [0.25, 0.3) is 0 Å². The molecule has 3 nitrogen and oxygen atoms in total. The van der Waals surface area contributed by atoms with E-state index >= 15 is 0 Å². The molecule has 0 spiro atoms. The lowest BCUT2D eigenvalue weighted by molar-refractivity contribution is -0.167. The highest BCUT2D eigenvalue weighted by molar-refractivity contribution is 7.13. The zero-order chi connectivity index (χ0) is 14.9. The van der Waals surface area contributed by atoms with Crippen molar-refractivity contribution in [2.24, 2.45) is 0 Å². The van der Waals surface area contributed by atoms with Crippen LogP contribution in [0.2, 0.25) is 0 Å². The maximum absolute atomic E-state index is 13.5. The number of carbonyl (C=O) groups excluding carboxylic acids is 1. The van der Waals surface area contributed by atoms with Gasteiger partial charge in [-0.2, -0.15) is 13.2 Å². The van der Waals surface area contributed by atoms with Gasteiger partial charge >= 0.3 is 12.1 Å². The molecule has 0 atom stereocenters. The molecule has 1 aromatic heterocycles. The van der Waals surface area contributed by atoms with E-state index in [0.717, 1.165) is 28.8 Å². The van der Waals surface area contributed by atoms with Crippen LogP contribution in [0.5, 0.6) is 0 Å². The predicted octanol–water partition coefficient (Wildman–Crippen LogP) is 3.59. The second-order valence-electron chi connectivity index (χ2n) is 3.61. The molecule has 0 aliphatic carbocycles. The van der Waals surface area contributed by atoms with Crippen LogP contribution in [0.25, 0.3) is 10.6 Å². The summed E-state index contributed by atoms with van der Waals surface area (Å²) in [5.74, 6) is -4.20. The van der Waals surface area contributed by atoms with Crippen LogP contribution in [0.3, 0.4) is 0 Å². The van der Waals surface area contributed by atoms with E-state index in [2.05, 4.69) is 4.98 Å². The van der Waals surface area contributed by atoms with Gasteiger partial charge in [0.05, 0.1) is 0 Å². The SMILES string of the molecule is O=C(Nc1csc(-c2ccc(F)cc2F)n1)C(F)(F)F. The first-order valence-corrected chi connectivity index (χ1v) is 5.94. The summed E-state index contributed by atoms with van der Waals surface area (Å²) < 4.78 is 62.3. The highest BCUT2D eigenvalue weighted by Gasteiger charge is 2.39. The molecule has 2 rings (SSSR count). The number of hydrogen-bond donors (Lipinski definition) is 1. The molecule has 20 heavy (non-hydrogen) atoms. The average molecular weight is 308 g/mol. The van der Waals surface area contributed by atoms with E-state index in [1.54, 1.807) is 5.32 Å². The molecule has 1 amide bonds. The van der Waals surface area contributed by atoms with E-state index in [1.807, 2.05) is 0 Å². The third kappa shape index (κ3) is 3.10. The van der Waals surface area contributed by atoms with Crippen LogP contribution in [0.4, 0.5) is 27.8 Å². The molecular formula is C11H5F5N2OS. The Morgan fingerprint density at radius 2 is 1.95 bits per heavy atom. The van der Waals surface area contributed by atoms with Gasteiger partial charge in [0, 0.05) is 17.0 Å². The lowest BCUT2D eigenvalue weighted by Crippen LogP contribution is -2.30. The van der Waals surface area contributed by atoms with Gasteiger partial charge in [-0.1, -0.05) is 0 Å². The van der Waals surface area contributed by atoms with Gasteiger partial charge in [0.15, 0.2) is 0 Å². The minimum Gasteiger partial charge on any atom is -0.302 e. The Labute approximate surface area is 113 Å². The number of carbonyl (C=O) groups is 1. The second-order valence-corrected chi connectivity index (χ2v) is 4.47. The zero-order valence-electron chi connectivity index (χ0n) is 9.46. The summed E-state index contributed by atoms with van der Waals surface area (Å²) >= 11 is 0.820. The Balaban J connectivity index is 2.23. The fourth-order valence-corrected chi connectivity index (χ4v) is 2.08. The number of nitrogens with zero attached hydrogens (tertiary/aromatic N) is 1. The quantitative estimate of drug-likeness (QED) is 0.862.